The zero-order chi connectivity index (χ0) is 9.97. The molecule has 0 N–H and O–H groups in total. The molecule has 0 aliphatic carbocycles. The minimum Gasteiger partial charge on any atom is -0.276 e. The molecular formula is C12H12BrN. The lowest BCUT2D eigenvalue weighted by atomic mass is 10.0. The average Bonchev–Trinajstić information content (AvgIpc) is 2.27. The molecule has 1 aromatic carbocycles. The maximum absolute atomic E-state index is 5.38. The van der Waals surface area contributed by atoms with Gasteiger partial charge in [0.1, 0.15) is 4.95 Å². The Morgan fingerprint density at radius 2 is 2.07 bits per heavy atom. The number of halogens is 1. The number of nitrogens with zero attached hydrogens (tertiary/aromatic N) is 1. The highest BCUT2D eigenvalue weighted by Gasteiger charge is 2.19. The molecule has 0 bridgehead atoms. The standard InChI is InChI=1S/C12H12BrN/c1-2-12(13)14-8-7-10-5-3-4-6-11(10)9-14/h1,3-6,12H,7-9H2. The molecule has 1 unspecified atom stereocenters. The fraction of sp³-hybridized carbons (Fsp3) is 0.333. The van der Waals surface area contributed by atoms with E-state index in [1.165, 1.54) is 11.1 Å². The van der Waals surface area contributed by atoms with Crippen molar-refractivity contribution in [1.29, 1.82) is 0 Å². The first kappa shape index (κ1) is 9.76. The molecule has 72 valence electrons. The Kier molecular flexibility index (Phi) is 2.90. The predicted molar refractivity (Wildman–Crippen MR) is 62.1 cm³/mol. The minimum atomic E-state index is 0.0656. The summed E-state index contributed by atoms with van der Waals surface area (Å²) in [6, 6.07) is 8.56. The number of hydrogen-bond donors (Lipinski definition) is 0. The van der Waals surface area contributed by atoms with Crippen molar-refractivity contribution in [2.75, 3.05) is 6.54 Å². The molecule has 0 saturated heterocycles. The van der Waals surface area contributed by atoms with Crippen molar-refractivity contribution < 1.29 is 0 Å². The van der Waals surface area contributed by atoms with E-state index >= 15 is 0 Å². The summed E-state index contributed by atoms with van der Waals surface area (Å²) in [6.07, 6.45) is 6.48. The van der Waals surface area contributed by atoms with Crippen LogP contribution in [0.15, 0.2) is 24.3 Å². The van der Waals surface area contributed by atoms with E-state index in [4.69, 9.17) is 6.42 Å². The van der Waals surface area contributed by atoms with E-state index in [0.717, 1.165) is 19.5 Å². The molecule has 1 aliphatic heterocycles. The summed E-state index contributed by atoms with van der Waals surface area (Å²) in [6.45, 7) is 1.99. The molecule has 0 spiro atoms. The zero-order valence-corrected chi connectivity index (χ0v) is 9.50. The van der Waals surface area contributed by atoms with Gasteiger partial charge in [0.25, 0.3) is 0 Å². The molecule has 0 amide bonds. The lowest BCUT2D eigenvalue weighted by Gasteiger charge is -2.30. The fourth-order valence-electron chi connectivity index (χ4n) is 1.82. The zero-order valence-electron chi connectivity index (χ0n) is 7.91. The van der Waals surface area contributed by atoms with Crippen LogP contribution >= 0.6 is 15.9 Å². The second-order valence-corrected chi connectivity index (χ2v) is 4.36. The monoisotopic (exact) mass is 249 g/mol. The summed E-state index contributed by atoms with van der Waals surface area (Å²) in [5, 5.41) is 0. The van der Waals surface area contributed by atoms with Gasteiger partial charge in [-0.05, 0) is 17.5 Å². The van der Waals surface area contributed by atoms with Gasteiger partial charge in [0.2, 0.25) is 0 Å². The summed E-state index contributed by atoms with van der Waals surface area (Å²) in [4.78, 5) is 2.33. The third-order valence-electron chi connectivity index (χ3n) is 2.62. The van der Waals surface area contributed by atoms with Crippen LogP contribution in [0.5, 0.6) is 0 Å². The summed E-state index contributed by atoms with van der Waals surface area (Å²) in [5.74, 6) is 2.71. The molecule has 2 heteroatoms. The summed E-state index contributed by atoms with van der Waals surface area (Å²) in [5.41, 5.74) is 2.86. The summed E-state index contributed by atoms with van der Waals surface area (Å²) < 4.78 is 0. The molecule has 1 aliphatic rings. The number of rotatable bonds is 1. The Morgan fingerprint density at radius 3 is 2.79 bits per heavy atom. The average molecular weight is 250 g/mol. The second-order valence-electron chi connectivity index (χ2n) is 3.49. The molecule has 1 atom stereocenters. The van der Waals surface area contributed by atoms with Gasteiger partial charge in [-0.25, -0.2) is 0 Å². The van der Waals surface area contributed by atoms with E-state index < -0.39 is 0 Å². The Morgan fingerprint density at radius 1 is 1.36 bits per heavy atom. The van der Waals surface area contributed by atoms with Gasteiger partial charge in [0, 0.05) is 13.1 Å². The van der Waals surface area contributed by atoms with Crippen molar-refractivity contribution in [2.45, 2.75) is 17.9 Å². The molecule has 2 rings (SSSR count). The van der Waals surface area contributed by atoms with Crippen LogP contribution in [0.4, 0.5) is 0 Å². The quantitative estimate of drug-likeness (QED) is 0.420. The van der Waals surface area contributed by atoms with Crippen LogP contribution in [0.2, 0.25) is 0 Å². The highest BCUT2D eigenvalue weighted by atomic mass is 79.9. The Balaban J connectivity index is 2.18. The molecule has 14 heavy (non-hydrogen) atoms. The van der Waals surface area contributed by atoms with Gasteiger partial charge in [-0.1, -0.05) is 46.1 Å². The number of alkyl halides is 1. The van der Waals surface area contributed by atoms with E-state index in [1.54, 1.807) is 0 Å². The number of fused-ring (bicyclic) bond motifs is 1. The molecular weight excluding hydrogens is 238 g/mol. The van der Waals surface area contributed by atoms with E-state index in [0.29, 0.717) is 0 Å². The summed E-state index contributed by atoms with van der Waals surface area (Å²) in [7, 11) is 0. The maximum atomic E-state index is 5.38. The Hall–Kier alpha value is -0.780. The van der Waals surface area contributed by atoms with Crippen LogP contribution in [0.3, 0.4) is 0 Å². The van der Waals surface area contributed by atoms with Crippen molar-refractivity contribution >= 4 is 15.9 Å². The van der Waals surface area contributed by atoms with E-state index in [2.05, 4.69) is 51.0 Å². The van der Waals surface area contributed by atoms with Gasteiger partial charge in [0.15, 0.2) is 0 Å². The topological polar surface area (TPSA) is 3.24 Å². The van der Waals surface area contributed by atoms with Crippen LogP contribution in [0.25, 0.3) is 0 Å². The van der Waals surface area contributed by atoms with Gasteiger partial charge in [-0.3, -0.25) is 4.90 Å². The molecule has 1 nitrogen and oxygen atoms in total. The van der Waals surface area contributed by atoms with Crippen LogP contribution in [0.1, 0.15) is 11.1 Å². The van der Waals surface area contributed by atoms with Crippen LogP contribution in [-0.4, -0.2) is 16.4 Å². The van der Waals surface area contributed by atoms with Crippen molar-refractivity contribution in [3.05, 3.63) is 35.4 Å². The molecule has 0 saturated carbocycles. The minimum absolute atomic E-state index is 0.0656. The first-order valence-corrected chi connectivity index (χ1v) is 5.64. The number of hydrogen-bond acceptors (Lipinski definition) is 1. The van der Waals surface area contributed by atoms with Gasteiger partial charge in [0.05, 0.1) is 0 Å². The third kappa shape index (κ3) is 1.84. The lowest BCUT2D eigenvalue weighted by Crippen LogP contribution is -2.35. The van der Waals surface area contributed by atoms with Gasteiger partial charge < -0.3 is 0 Å². The van der Waals surface area contributed by atoms with Crippen molar-refractivity contribution in [1.82, 2.24) is 4.90 Å². The van der Waals surface area contributed by atoms with Gasteiger partial charge in [-0.2, -0.15) is 0 Å². The van der Waals surface area contributed by atoms with Crippen LogP contribution in [-0.2, 0) is 13.0 Å². The first-order chi connectivity index (χ1) is 6.81. The largest absolute Gasteiger partial charge is 0.276 e. The summed E-state index contributed by atoms with van der Waals surface area (Å²) >= 11 is 3.48. The first-order valence-electron chi connectivity index (χ1n) is 4.72. The molecule has 1 heterocycles. The lowest BCUT2D eigenvalue weighted by molar-refractivity contribution is 0.271. The third-order valence-corrected chi connectivity index (χ3v) is 3.46. The van der Waals surface area contributed by atoms with Crippen molar-refractivity contribution in [3.63, 3.8) is 0 Å². The SMILES string of the molecule is C#CC(Br)N1CCc2ccccc2C1. The highest BCUT2D eigenvalue weighted by Crippen LogP contribution is 2.21. The molecule has 0 fully saturated rings. The molecule has 0 radical (unpaired) electrons. The van der Waals surface area contributed by atoms with Crippen LogP contribution in [0, 0.1) is 12.3 Å². The van der Waals surface area contributed by atoms with Crippen molar-refractivity contribution in [3.8, 4) is 12.3 Å². The predicted octanol–water partition coefficient (Wildman–Crippen LogP) is 2.40. The smallest absolute Gasteiger partial charge is 0.127 e. The normalized spacial score (nSPS) is 18.3. The number of terminal acetylenes is 1. The molecule has 0 aromatic heterocycles. The number of benzene rings is 1. The van der Waals surface area contributed by atoms with Gasteiger partial charge in [-0.15, -0.1) is 6.42 Å². The fourth-order valence-corrected chi connectivity index (χ4v) is 2.17. The molecule has 1 aromatic rings. The second kappa shape index (κ2) is 4.16. The van der Waals surface area contributed by atoms with Crippen molar-refractivity contribution in [2.24, 2.45) is 0 Å². The maximum Gasteiger partial charge on any atom is 0.127 e. The van der Waals surface area contributed by atoms with Crippen LogP contribution < -0.4 is 0 Å². The van der Waals surface area contributed by atoms with E-state index in [-0.39, 0.29) is 4.95 Å². The Bertz CT molecular complexity index is 367. The highest BCUT2D eigenvalue weighted by molar-refractivity contribution is 9.09. The Labute approximate surface area is 93.2 Å². The van der Waals surface area contributed by atoms with E-state index in [1.807, 2.05) is 0 Å². The van der Waals surface area contributed by atoms with Gasteiger partial charge >= 0.3 is 0 Å². The van der Waals surface area contributed by atoms with E-state index in [9.17, 15) is 0 Å².